The lowest BCUT2D eigenvalue weighted by molar-refractivity contribution is -0.118. The molecular weight excluding hydrogens is 280 g/mol. The van der Waals surface area contributed by atoms with Crippen molar-refractivity contribution in [3.63, 3.8) is 0 Å². The number of nitrogens with one attached hydrogen (secondary N) is 2. The molecule has 0 bridgehead atoms. The van der Waals surface area contributed by atoms with E-state index in [4.69, 9.17) is 4.74 Å². The zero-order chi connectivity index (χ0) is 16.2. The third kappa shape index (κ3) is 4.22. The molecule has 2 aromatic rings. The Morgan fingerprint density at radius 1 is 1.18 bits per heavy atom. The van der Waals surface area contributed by atoms with Gasteiger partial charge < -0.3 is 15.0 Å². The van der Waals surface area contributed by atoms with E-state index in [-0.39, 0.29) is 23.5 Å². The summed E-state index contributed by atoms with van der Waals surface area (Å²) < 4.78 is 5.64. The second kappa shape index (κ2) is 6.47. The Balaban J connectivity index is 2.00. The van der Waals surface area contributed by atoms with Crippen molar-refractivity contribution in [1.29, 1.82) is 0 Å². The summed E-state index contributed by atoms with van der Waals surface area (Å²) in [6.45, 7) is 6.19. The fraction of sp³-hybridized carbons (Fsp3) is 0.294. The highest BCUT2D eigenvalue weighted by Crippen LogP contribution is 2.30. The Labute approximate surface area is 129 Å². The second-order valence-electron chi connectivity index (χ2n) is 6.02. The number of aromatic amines is 1. The lowest BCUT2D eigenvalue weighted by atomic mass is 9.86. The molecule has 0 spiro atoms. The Morgan fingerprint density at radius 3 is 2.55 bits per heavy atom. The Bertz CT molecular complexity index is 694. The predicted octanol–water partition coefficient (Wildman–Crippen LogP) is 2.69. The second-order valence-corrected chi connectivity index (χ2v) is 6.02. The number of ether oxygens (including phenoxy) is 1. The first-order valence-corrected chi connectivity index (χ1v) is 7.07. The first kappa shape index (κ1) is 15.8. The third-order valence-electron chi connectivity index (χ3n) is 3.12. The number of hydrogen-bond donors (Lipinski definition) is 2. The molecular formula is C17H20N2O3. The molecule has 1 aromatic heterocycles. The summed E-state index contributed by atoms with van der Waals surface area (Å²) in [4.78, 5) is 25.4. The zero-order valence-corrected chi connectivity index (χ0v) is 13.0. The molecule has 22 heavy (non-hydrogen) atoms. The van der Waals surface area contributed by atoms with Crippen LogP contribution in [-0.2, 0) is 10.2 Å². The maximum atomic E-state index is 11.9. The average molecular weight is 300 g/mol. The molecule has 1 amide bonds. The topological polar surface area (TPSA) is 71.2 Å². The van der Waals surface area contributed by atoms with Crippen molar-refractivity contribution in [2.24, 2.45) is 0 Å². The first-order valence-electron chi connectivity index (χ1n) is 7.07. The molecule has 0 aliphatic carbocycles. The van der Waals surface area contributed by atoms with Crippen molar-refractivity contribution in [2.75, 3.05) is 11.9 Å². The van der Waals surface area contributed by atoms with E-state index >= 15 is 0 Å². The molecule has 0 atom stereocenters. The van der Waals surface area contributed by atoms with E-state index in [0.29, 0.717) is 11.4 Å². The van der Waals surface area contributed by atoms with Crippen LogP contribution in [0.1, 0.15) is 26.3 Å². The van der Waals surface area contributed by atoms with E-state index in [1.165, 1.54) is 12.3 Å². The number of hydrogen-bond acceptors (Lipinski definition) is 3. The van der Waals surface area contributed by atoms with Gasteiger partial charge in [-0.2, -0.15) is 0 Å². The number of aromatic nitrogens is 1. The van der Waals surface area contributed by atoms with Gasteiger partial charge in [0.1, 0.15) is 5.75 Å². The zero-order valence-electron chi connectivity index (χ0n) is 13.0. The van der Waals surface area contributed by atoms with Gasteiger partial charge in [0.25, 0.3) is 5.91 Å². The van der Waals surface area contributed by atoms with Gasteiger partial charge in [-0.05, 0) is 23.1 Å². The number of rotatable bonds is 4. The Morgan fingerprint density at radius 2 is 1.91 bits per heavy atom. The molecule has 0 saturated carbocycles. The minimum absolute atomic E-state index is 0.0635. The summed E-state index contributed by atoms with van der Waals surface area (Å²) in [5, 5.41) is 2.66. The molecule has 2 rings (SSSR count). The number of carbonyl (C=O) groups excluding carboxylic acids is 1. The van der Waals surface area contributed by atoms with E-state index in [1.807, 2.05) is 24.3 Å². The van der Waals surface area contributed by atoms with Gasteiger partial charge in [-0.1, -0.05) is 39.0 Å². The van der Waals surface area contributed by atoms with Gasteiger partial charge in [-0.3, -0.25) is 9.59 Å². The van der Waals surface area contributed by atoms with Gasteiger partial charge in [0.15, 0.2) is 6.61 Å². The average Bonchev–Trinajstić information content (AvgIpc) is 2.47. The standard InChI is InChI=1S/C17H20N2O3/c1-17(2,3)13-6-4-5-7-14(13)22-11-16(21)19-12-8-9-15(20)18-10-12/h4-10H,11H2,1-3H3,(H,18,20)(H,19,21). The molecule has 0 aliphatic heterocycles. The van der Waals surface area contributed by atoms with Gasteiger partial charge in [-0.25, -0.2) is 0 Å². The monoisotopic (exact) mass is 300 g/mol. The lowest BCUT2D eigenvalue weighted by Crippen LogP contribution is -2.22. The van der Waals surface area contributed by atoms with Crippen LogP contribution in [0.4, 0.5) is 5.69 Å². The van der Waals surface area contributed by atoms with Crippen LogP contribution in [-0.4, -0.2) is 17.5 Å². The number of pyridine rings is 1. The number of para-hydroxylation sites is 1. The number of H-pyrrole nitrogens is 1. The minimum atomic E-state index is -0.282. The van der Waals surface area contributed by atoms with Crippen LogP contribution in [0, 0.1) is 0 Å². The molecule has 0 saturated heterocycles. The molecule has 5 nitrogen and oxygen atoms in total. The van der Waals surface area contributed by atoms with Crippen LogP contribution in [0.15, 0.2) is 47.4 Å². The number of amides is 1. The van der Waals surface area contributed by atoms with Crippen molar-refractivity contribution in [2.45, 2.75) is 26.2 Å². The van der Waals surface area contributed by atoms with Crippen LogP contribution in [0.5, 0.6) is 5.75 Å². The van der Waals surface area contributed by atoms with Crippen molar-refractivity contribution in [1.82, 2.24) is 4.98 Å². The molecule has 0 fully saturated rings. The van der Waals surface area contributed by atoms with Gasteiger partial charge in [0, 0.05) is 12.3 Å². The van der Waals surface area contributed by atoms with E-state index in [2.05, 4.69) is 31.1 Å². The highest BCUT2D eigenvalue weighted by atomic mass is 16.5. The maximum Gasteiger partial charge on any atom is 0.262 e. The minimum Gasteiger partial charge on any atom is -0.483 e. The van der Waals surface area contributed by atoms with Gasteiger partial charge in [0.2, 0.25) is 5.56 Å². The molecule has 1 aromatic carbocycles. The van der Waals surface area contributed by atoms with Crippen molar-refractivity contribution >= 4 is 11.6 Å². The highest BCUT2D eigenvalue weighted by Gasteiger charge is 2.18. The van der Waals surface area contributed by atoms with Crippen LogP contribution in [0.2, 0.25) is 0 Å². The molecule has 0 unspecified atom stereocenters. The fourth-order valence-corrected chi connectivity index (χ4v) is 2.04. The molecule has 2 N–H and O–H groups in total. The Hall–Kier alpha value is -2.56. The summed E-state index contributed by atoms with van der Waals surface area (Å²) in [6.07, 6.45) is 1.45. The number of carbonyl (C=O) groups is 1. The molecule has 1 heterocycles. The molecule has 0 radical (unpaired) electrons. The van der Waals surface area contributed by atoms with E-state index < -0.39 is 0 Å². The van der Waals surface area contributed by atoms with Gasteiger partial charge in [-0.15, -0.1) is 0 Å². The number of anilines is 1. The molecule has 5 heteroatoms. The lowest BCUT2D eigenvalue weighted by Gasteiger charge is -2.22. The van der Waals surface area contributed by atoms with E-state index in [9.17, 15) is 9.59 Å². The molecule has 0 aliphatic rings. The SMILES string of the molecule is CC(C)(C)c1ccccc1OCC(=O)Nc1ccc(=O)[nH]c1. The van der Waals surface area contributed by atoms with Crippen LogP contribution >= 0.6 is 0 Å². The van der Waals surface area contributed by atoms with Crippen LogP contribution in [0.3, 0.4) is 0 Å². The van der Waals surface area contributed by atoms with E-state index in [1.54, 1.807) is 6.07 Å². The summed E-state index contributed by atoms with van der Waals surface area (Å²) in [6, 6.07) is 10.6. The van der Waals surface area contributed by atoms with E-state index in [0.717, 1.165) is 5.56 Å². The quantitative estimate of drug-likeness (QED) is 0.912. The smallest absolute Gasteiger partial charge is 0.262 e. The first-order chi connectivity index (χ1) is 10.4. The van der Waals surface area contributed by atoms with Crippen molar-refractivity contribution in [3.8, 4) is 5.75 Å². The number of benzene rings is 1. The predicted molar refractivity (Wildman–Crippen MR) is 86.3 cm³/mol. The molecule has 116 valence electrons. The summed E-state index contributed by atoms with van der Waals surface area (Å²) in [5.41, 5.74) is 1.30. The van der Waals surface area contributed by atoms with Crippen LogP contribution in [0.25, 0.3) is 0 Å². The largest absolute Gasteiger partial charge is 0.483 e. The van der Waals surface area contributed by atoms with Crippen LogP contribution < -0.4 is 15.6 Å². The summed E-state index contributed by atoms with van der Waals surface area (Å²) in [7, 11) is 0. The van der Waals surface area contributed by atoms with Crippen molar-refractivity contribution in [3.05, 3.63) is 58.5 Å². The summed E-state index contributed by atoms with van der Waals surface area (Å²) in [5.74, 6) is 0.419. The Kier molecular flexibility index (Phi) is 4.65. The third-order valence-corrected chi connectivity index (χ3v) is 3.12. The van der Waals surface area contributed by atoms with Gasteiger partial charge in [0.05, 0.1) is 5.69 Å². The summed E-state index contributed by atoms with van der Waals surface area (Å²) >= 11 is 0. The fourth-order valence-electron chi connectivity index (χ4n) is 2.04. The maximum absolute atomic E-state index is 11.9. The van der Waals surface area contributed by atoms with Gasteiger partial charge >= 0.3 is 0 Å². The van der Waals surface area contributed by atoms with Crippen molar-refractivity contribution < 1.29 is 9.53 Å². The highest BCUT2D eigenvalue weighted by molar-refractivity contribution is 5.91. The normalized spacial score (nSPS) is 11.0.